The Balaban J connectivity index is 0.000000109. The van der Waals surface area contributed by atoms with Crippen LogP contribution in [-0.2, 0) is 16.2 Å². The molecule has 22 aromatic rings. The number of rotatable bonds is 10. The fourth-order valence-electron chi connectivity index (χ4n) is 19.0. The van der Waals surface area contributed by atoms with E-state index in [2.05, 4.69) is 209 Å². The second kappa shape index (κ2) is 29.6. The van der Waals surface area contributed by atoms with Crippen LogP contribution in [0.4, 0.5) is 0 Å². The fourth-order valence-corrected chi connectivity index (χ4v) is 19.0. The monoisotopic (exact) mass is 1620 g/mol. The van der Waals surface area contributed by atoms with Gasteiger partial charge in [0.2, 0.25) is 0 Å². The van der Waals surface area contributed by atoms with Crippen molar-refractivity contribution in [2.75, 3.05) is 0 Å². The first-order chi connectivity index (χ1) is 61.7. The molecule has 14 aromatic carbocycles. The lowest BCUT2D eigenvalue weighted by atomic mass is 9.82. The van der Waals surface area contributed by atoms with E-state index in [0.29, 0.717) is 63.8 Å². The maximum atomic E-state index is 6.54. The minimum absolute atomic E-state index is 0.0690. The summed E-state index contributed by atoms with van der Waals surface area (Å²) in [6, 6.07) is 118. The predicted molar refractivity (Wildman–Crippen MR) is 504 cm³/mol. The average Bonchev–Trinajstić information content (AvgIpc) is 2.31. The van der Waals surface area contributed by atoms with Crippen LogP contribution in [0.3, 0.4) is 0 Å². The van der Waals surface area contributed by atoms with Crippen molar-refractivity contribution in [3.8, 4) is 147 Å². The number of fused-ring (bicyclic) bond motifs is 18. The lowest BCUT2D eigenvalue weighted by molar-refractivity contribution is 0.647. The normalized spacial score (nSPS) is 13.3. The van der Waals surface area contributed by atoms with Crippen molar-refractivity contribution in [3.63, 3.8) is 0 Å². The van der Waals surface area contributed by atoms with E-state index in [1.165, 1.54) is 66.8 Å². The molecule has 0 atom stereocenters. The summed E-state index contributed by atoms with van der Waals surface area (Å²) in [5.74, 6) is 5.38. The lowest BCUT2D eigenvalue weighted by Gasteiger charge is -2.21. The highest BCUT2D eigenvalue weighted by Gasteiger charge is 2.40. The number of nitrogens with zero attached hydrogens (tertiary/aromatic N) is 11. The van der Waals surface area contributed by atoms with Gasteiger partial charge in [0.05, 0.1) is 0 Å². The van der Waals surface area contributed by atoms with Crippen LogP contribution in [-0.4, -0.2) is 54.8 Å². The van der Waals surface area contributed by atoms with Crippen LogP contribution in [0.2, 0.25) is 0 Å². The Labute approximate surface area is 725 Å². The summed E-state index contributed by atoms with van der Waals surface area (Å²) in [4.78, 5) is 53.2. The molecule has 0 amide bonds. The van der Waals surface area contributed by atoms with Gasteiger partial charge in [0.1, 0.15) is 44.9 Å². The summed E-state index contributed by atoms with van der Waals surface area (Å²) in [5.41, 5.74) is 30.5. The number of hydrogen-bond acceptors (Lipinski definition) is 14. The zero-order chi connectivity index (χ0) is 84.5. The van der Waals surface area contributed by atoms with Gasteiger partial charge in [-0.1, -0.05) is 296 Å². The first-order valence-electron chi connectivity index (χ1n) is 42.4. The summed E-state index contributed by atoms with van der Waals surface area (Å²) < 4.78 is 19.5. The molecule has 3 aliphatic carbocycles. The third-order valence-electron chi connectivity index (χ3n) is 25.3. The van der Waals surface area contributed by atoms with Crippen LogP contribution in [0, 0.1) is 0 Å². The lowest BCUT2D eigenvalue weighted by Crippen LogP contribution is -2.14. The molecule has 0 fully saturated rings. The SMILES string of the molecule is CC1(C)c2ccccc2-c2cc3c(cc21)oc1cc(-c2cccc(-c4nc(-c5ccccc5)nc(-c5ccccc5)n4)c2)ccc13.CC1(C)c2ccccc2-c2cc3c(cc21)oc1cccc(-c2nc(-c4ccccc4)nc(-c4ccccc4)n2)c13.CC1(C)c2ccccc2-c2cc3c(cc21)oc1cccc(-c2nc(-c4ccccn4)nc(-c4ccccn4)n2)c13. The van der Waals surface area contributed by atoms with E-state index in [1.807, 2.05) is 188 Å². The van der Waals surface area contributed by atoms with Gasteiger partial charge in [-0.25, -0.2) is 44.9 Å². The molecule has 0 N–H and O–H groups in total. The second-order valence-corrected chi connectivity index (χ2v) is 34.0. The van der Waals surface area contributed by atoms with Crippen LogP contribution in [0.15, 0.2) is 371 Å². The van der Waals surface area contributed by atoms with Gasteiger partial charge in [-0.15, -0.1) is 0 Å². The predicted octanol–water partition coefficient (Wildman–Crippen LogP) is 27.7. The van der Waals surface area contributed by atoms with Gasteiger partial charge in [0.15, 0.2) is 52.4 Å². The largest absolute Gasteiger partial charge is 0.456 e. The van der Waals surface area contributed by atoms with Gasteiger partial charge in [-0.3, -0.25) is 9.97 Å². The van der Waals surface area contributed by atoms with Crippen molar-refractivity contribution in [2.24, 2.45) is 0 Å². The summed E-state index contributed by atoms with van der Waals surface area (Å²) in [6.07, 6.45) is 3.48. The van der Waals surface area contributed by atoms with Crippen LogP contribution >= 0.6 is 0 Å². The molecule has 0 bridgehead atoms. The van der Waals surface area contributed by atoms with Gasteiger partial charge in [-0.2, -0.15) is 0 Å². The number of hydrogen-bond donors (Lipinski definition) is 0. The molecule has 14 nitrogen and oxygen atoms in total. The molecule has 0 unspecified atom stereocenters. The molecule has 14 heteroatoms. The van der Waals surface area contributed by atoms with Crippen LogP contribution in [0.25, 0.3) is 213 Å². The van der Waals surface area contributed by atoms with E-state index >= 15 is 0 Å². The van der Waals surface area contributed by atoms with Crippen molar-refractivity contribution >= 4 is 65.8 Å². The highest BCUT2D eigenvalue weighted by Crippen LogP contribution is 2.55. The zero-order valence-electron chi connectivity index (χ0n) is 69.7. The molecule has 0 spiro atoms. The quantitative estimate of drug-likeness (QED) is 0.126. The third-order valence-corrected chi connectivity index (χ3v) is 25.3. The van der Waals surface area contributed by atoms with Crippen molar-refractivity contribution in [3.05, 3.63) is 392 Å². The van der Waals surface area contributed by atoms with E-state index < -0.39 is 0 Å². The minimum atomic E-state index is -0.106. The number of pyridine rings is 2. The maximum Gasteiger partial charge on any atom is 0.182 e. The molecule has 25 rings (SSSR count). The molecule has 8 heterocycles. The molecule has 0 saturated heterocycles. The molecule has 126 heavy (non-hydrogen) atoms. The Morgan fingerprint density at radius 2 is 0.484 bits per heavy atom. The van der Waals surface area contributed by atoms with Crippen molar-refractivity contribution in [1.82, 2.24) is 54.8 Å². The van der Waals surface area contributed by atoms with Gasteiger partial charge in [-0.05, 0) is 169 Å². The number of aromatic nitrogens is 11. The van der Waals surface area contributed by atoms with E-state index in [0.717, 1.165) is 116 Å². The Bertz CT molecular complexity index is 7630. The highest BCUT2D eigenvalue weighted by atomic mass is 16.3. The maximum absolute atomic E-state index is 6.54. The molecule has 0 aliphatic heterocycles. The summed E-state index contributed by atoms with van der Waals surface area (Å²) >= 11 is 0. The van der Waals surface area contributed by atoms with E-state index in [9.17, 15) is 0 Å². The topological polar surface area (TPSA) is 181 Å². The standard InChI is InChI=1S/C42H29N3O.C36H25N3O.C34H23N5O/c1-42(2)35-19-10-9-18-31(35)33-24-34-32-21-20-29(23-37(32)46-38(34)25-36(33)42)28-16-11-17-30(22-28)41-44-39(26-12-5-3-6-13-26)43-40(45-41)27-14-7-4-8-15-27;1-36(2)28-18-10-9-16-24(28)26-20-27-31(21-29(26)36)40-30-19-11-17-25(32(27)30)35-38-33(22-12-5-3-6-13-22)37-34(39-35)23-14-7-4-8-15-23;1-34(2)24-12-4-3-10-20(24)22-18-23-29(19-25(22)34)40-28-15-9-11-21(30(23)28)31-37-32(26-13-5-7-16-35-26)39-33(38-31)27-14-6-8-17-36-27/h3-25H,1-2H3;3-21H,1-2H3;3-19H,1-2H3. The molecular weight excluding hydrogens is 1550 g/mol. The average molecular weight is 1620 g/mol. The van der Waals surface area contributed by atoms with E-state index in [-0.39, 0.29) is 16.2 Å². The smallest absolute Gasteiger partial charge is 0.182 e. The fraction of sp³-hybridized carbons (Fsp3) is 0.0804. The van der Waals surface area contributed by atoms with Gasteiger partial charge < -0.3 is 13.3 Å². The molecule has 0 radical (unpaired) electrons. The Kier molecular flexibility index (Phi) is 17.6. The summed E-state index contributed by atoms with van der Waals surface area (Å²) in [6.45, 7) is 13.7. The van der Waals surface area contributed by atoms with Gasteiger partial charge in [0.25, 0.3) is 0 Å². The molecular formula is C112H77N11O3. The van der Waals surface area contributed by atoms with Crippen LogP contribution in [0.5, 0.6) is 0 Å². The van der Waals surface area contributed by atoms with E-state index in [4.69, 9.17) is 58.1 Å². The molecule has 598 valence electrons. The van der Waals surface area contributed by atoms with Gasteiger partial charge in [0, 0.05) is 99.9 Å². The number of benzene rings is 14. The number of furan rings is 3. The Morgan fingerprint density at radius 3 is 0.897 bits per heavy atom. The summed E-state index contributed by atoms with van der Waals surface area (Å²) in [7, 11) is 0. The molecule has 8 aromatic heterocycles. The first kappa shape index (κ1) is 74.8. The second-order valence-electron chi connectivity index (χ2n) is 34.0. The summed E-state index contributed by atoms with van der Waals surface area (Å²) in [5, 5.41) is 6.38. The van der Waals surface area contributed by atoms with Gasteiger partial charge >= 0.3 is 0 Å². The third kappa shape index (κ3) is 12.7. The van der Waals surface area contributed by atoms with Crippen LogP contribution < -0.4 is 0 Å². The molecule has 0 saturated carbocycles. The van der Waals surface area contributed by atoms with Crippen molar-refractivity contribution < 1.29 is 13.3 Å². The first-order valence-corrected chi connectivity index (χ1v) is 42.4. The van der Waals surface area contributed by atoms with E-state index in [1.54, 1.807) is 12.4 Å². The van der Waals surface area contributed by atoms with Crippen molar-refractivity contribution in [2.45, 2.75) is 57.8 Å². The Hall–Kier alpha value is -16.2. The van der Waals surface area contributed by atoms with Crippen molar-refractivity contribution in [1.29, 1.82) is 0 Å². The minimum Gasteiger partial charge on any atom is -0.456 e. The Morgan fingerprint density at radius 1 is 0.183 bits per heavy atom. The zero-order valence-corrected chi connectivity index (χ0v) is 69.7. The highest BCUT2D eigenvalue weighted by molar-refractivity contribution is 6.16. The molecule has 3 aliphatic rings. The van der Waals surface area contributed by atoms with Crippen LogP contribution in [0.1, 0.15) is 74.9 Å².